The van der Waals surface area contributed by atoms with Gasteiger partial charge in [0.05, 0.1) is 17.6 Å². The molecule has 0 fully saturated rings. The van der Waals surface area contributed by atoms with Crippen molar-refractivity contribution in [2.24, 2.45) is 10.2 Å². The second kappa shape index (κ2) is 3.22. The van der Waals surface area contributed by atoms with Crippen LogP contribution in [0.3, 0.4) is 0 Å². The average molecular weight is 240 g/mol. The highest BCUT2D eigenvalue weighted by Crippen LogP contribution is 2.42. The Bertz CT molecular complexity index is 521. The number of halogens is 3. The molecule has 2 heterocycles. The van der Waals surface area contributed by atoms with Gasteiger partial charge < -0.3 is 0 Å². The van der Waals surface area contributed by atoms with Gasteiger partial charge in [0.25, 0.3) is 0 Å². The molecule has 0 aliphatic carbocycles. The van der Waals surface area contributed by atoms with Crippen molar-refractivity contribution in [2.75, 3.05) is 16.5 Å². The Kier molecular flexibility index (Phi) is 1.92. The van der Waals surface area contributed by atoms with Crippen LogP contribution in [-0.4, -0.2) is 13.0 Å². The van der Waals surface area contributed by atoms with Gasteiger partial charge in [-0.3, -0.25) is 9.80 Å². The van der Waals surface area contributed by atoms with Crippen molar-refractivity contribution >= 4 is 11.4 Å². The fraction of sp³-hybridized carbons (Fsp3) is 0.200. The maximum absolute atomic E-state index is 12.9. The second-order valence-corrected chi connectivity index (χ2v) is 3.62. The summed E-state index contributed by atoms with van der Waals surface area (Å²) in [5, 5.41) is 7.42. The SMILES string of the molecule is FC(F)(F)N1C=C2N=NCN2c2ccccc21. The molecule has 0 amide bonds. The van der Waals surface area contributed by atoms with Crippen LogP contribution >= 0.6 is 0 Å². The van der Waals surface area contributed by atoms with Gasteiger partial charge in [0, 0.05) is 0 Å². The van der Waals surface area contributed by atoms with Gasteiger partial charge in [-0.1, -0.05) is 12.1 Å². The van der Waals surface area contributed by atoms with Gasteiger partial charge in [-0.2, -0.15) is 5.11 Å². The molecule has 2 aliphatic heterocycles. The first-order valence-electron chi connectivity index (χ1n) is 4.89. The summed E-state index contributed by atoms with van der Waals surface area (Å²) in [6.07, 6.45) is -3.51. The average Bonchev–Trinajstić information content (AvgIpc) is 2.74. The van der Waals surface area contributed by atoms with Crippen molar-refractivity contribution in [1.82, 2.24) is 0 Å². The molecule has 0 N–H and O–H groups in total. The Balaban J connectivity index is 2.17. The zero-order chi connectivity index (χ0) is 12.0. The van der Waals surface area contributed by atoms with E-state index in [1.165, 1.54) is 6.07 Å². The number of fused-ring (bicyclic) bond motifs is 3. The van der Waals surface area contributed by atoms with E-state index in [0.29, 0.717) is 5.69 Å². The predicted molar refractivity (Wildman–Crippen MR) is 55.3 cm³/mol. The highest BCUT2D eigenvalue weighted by atomic mass is 19.4. The van der Waals surface area contributed by atoms with E-state index < -0.39 is 6.30 Å². The highest BCUT2D eigenvalue weighted by molar-refractivity contribution is 5.78. The summed E-state index contributed by atoms with van der Waals surface area (Å²) in [7, 11) is 0. The monoisotopic (exact) mass is 240 g/mol. The molecule has 0 unspecified atom stereocenters. The molecular formula is C10H7F3N4. The Morgan fingerprint density at radius 1 is 1.12 bits per heavy atom. The first-order valence-corrected chi connectivity index (χ1v) is 4.89. The Hall–Kier alpha value is -2.05. The second-order valence-electron chi connectivity index (χ2n) is 3.62. The third kappa shape index (κ3) is 1.46. The summed E-state index contributed by atoms with van der Waals surface area (Å²) in [4.78, 5) is 1.90. The van der Waals surface area contributed by atoms with Crippen molar-refractivity contribution in [3.8, 4) is 0 Å². The summed E-state index contributed by atoms with van der Waals surface area (Å²) >= 11 is 0. The van der Waals surface area contributed by atoms with Crippen LogP contribution in [0, 0.1) is 0 Å². The maximum atomic E-state index is 12.9. The minimum absolute atomic E-state index is 0.0936. The fourth-order valence-corrected chi connectivity index (χ4v) is 1.88. The van der Waals surface area contributed by atoms with Crippen LogP contribution in [0.15, 0.2) is 46.5 Å². The Labute approximate surface area is 94.7 Å². The Morgan fingerprint density at radius 3 is 2.53 bits per heavy atom. The first-order chi connectivity index (χ1) is 8.07. The van der Waals surface area contributed by atoms with Crippen molar-refractivity contribution in [1.29, 1.82) is 0 Å². The molecule has 0 saturated carbocycles. The van der Waals surface area contributed by atoms with Gasteiger partial charge in [-0.05, 0) is 12.1 Å². The summed E-state index contributed by atoms with van der Waals surface area (Å²) in [6.45, 7) is 0.258. The van der Waals surface area contributed by atoms with Gasteiger partial charge >= 0.3 is 6.30 Å². The van der Waals surface area contributed by atoms with E-state index in [1.54, 1.807) is 23.1 Å². The largest absolute Gasteiger partial charge is 0.489 e. The van der Waals surface area contributed by atoms with Gasteiger partial charge in [0.2, 0.25) is 0 Å². The van der Waals surface area contributed by atoms with Crippen LogP contribution in [0.4, 0.5) is 24.5 Å². The predicted octanol–water partition coefficient (Wildman–Crippen LogP) is 3.06. The molecule has 2 aliphatic rings. The fourth-order valence-electron chi connectivity index (χ4n) is 1.88. The summed E-state index contributed by atoms with van der Waals surface area (Å²) in [6, 6.07) is 6.31. The number of hydrogen-bond acceptors (Lipinski definition) is 4. The van der Waals surface area contributed by atoms with Crippen LogP contribution in [0.1, 0.15) is 0 Å². The lowest BCUT2D eigenvalue weighted by Crippen LogP contribution is -2.38. The number of para-hydroxylation sites is 2. The minimum atomic E-state index is -4.46. The van der Waals surface area contributed by atoms with Gasteiger partial charge in [-0.25, -0.2) is 0 Å². The molecule has 0 aromatic heterocycles. The molecule has 1 aromatic rings. The van der Waals surface area contributed by atoms with Crippen LogP contribution in [0.25, 0.3) is 0 Å². The standard InChI is InChI=1S/C10H7F3N4/c11-10(12,13)17-5-9-15-14-6-16(9)7-3-1-2-4-8(7)17/h1-5H,6H2. The molecule has 4 nitrogen and oxygen atoms in total. The molecule has 7 heteroatoms. The molecule has 88 valence electrons. The quantitative estimate of drug-likeness (QED) is 0.652. The lowest BCUT2D eigenvalue weighted by Gasteiger charge is -2.33. The first kappa shape index (κ1) is 10.1. The lowest BCUT2D eigenvalue weighted by molar-refractivity contribution is -0.122. The molecule has 0 bridgehead atoms. The lowest BCUT2D eigenvalue weighted by atomic mass is 10.2. The molecule has 0 spiro atoms. The molecule has 0 saturated heterocycles. The summed E-state index contributed by atoms with van der Waals surface area (Å²) in [5.41, 5.74) is 0.559. The molecular weight excluding hydrogens is 233 g/mol. The maximum Gasteiger partial charge on any atom is 0.489 e. The summed E-state index contributed by atoms with van der Waals surface area (Å²) < 4.78 is 38.6. The minimum Gasteiger partial charge on any atom is -0.300 e. The van der Waals surface area contributed by atoms with Crippen molar-refractivity contribution in [3.05, 3.63) is 36.3 Å². The van der Waals surface area contributed by atoms with Crippen molar-refractivity contribution < 1.29 is 13.2 Å². The van der Waals surface area contributed by atoms with Crippen LogP contribution in [0.5, 0.6) is 0 Å². The topological polar surface area (TPSA) is 31.2 Å². The third-order valence-corrected chi connectivity index (χ3v) is 2.60. The van der Waals surface area contributed by atoms with E-state index >= 15 is 0 Å². The molecule has 0 radical (unpaired) electrons. The number of azo groups is 1. The number of nitrogens with zero attached hydrogens (tertiary/aromatic N) is 4. The van der Waals surface area contributed by atoms with E-state index in [0.717, 1.165) is 6.20 Å². The van der Waals surface area contributed by atoms with Crippen LogP contribution < -0.4 is 9.80 Å². The van der Waals surface area contributed by atoms with E-state index in [4.69, 9.17) is 0 Å². The number of benzene rings is 1. The Morgan fingerprint density at radius 2 is 1.82 bits per heavy atom. The third-order valence-electron chi connectivity index (χ3n) is 2.60. The van der Waals surface area contributed by atoms with Crippen LogP contribution in [-0.2, 0) is 0 Å². The molecule has 0 atom stereocenters. The van der Waals surface area contributed by atoms with Crippen LogP contribution in [0.2, 0.25) is 0 Å². The molecule has 1 aromatic carbocycles. The van der Waals surface area contributed by atoms with E-state index in [-0.39, 0.29) is 23.1 Å². The zero-order valence-corrected chi connectivity index (χ0v) is 8.52. The van der Waals surface area contributed by atoms with E-state index in [9.17, 15) is 13.2 Å². The normalized spacial score (nSPS) is 17.9. The van der Waals surface area contributed by atoms with Crippen molar-refractivity contribution in [2.45, 2.75) is 6.30 Å². The smallest absolute Gasteiger partial charge is 0.300 e. The zero-order valence-electron chi connectivity index (χ0n) is 8.52. The van der Waals surface area contributed by atoms with E-state index in [2.05, 4.69) is 10.2 Å². The molecule has 17 heavy (non-hydrogen) atoms. The highest BCUT2D eigenvalue weighted by Gasteiger charge is 2.41. The van der Waals surface area contributed by atoms with Gasteiger partial charge in [0.1, 0.15) is 6.67 Å². The number of hydrogen-bond donors (Lipinski definition) is 0. The van der Waals surface area contributed by atoms with E-state index in [1.807, 2.05) is 0 Å². The summed E-state index contributed by atoms with van der Waals surface area (Å²) in [5.74, 6) is 0.209. The number of rotatable bonds is 0. The van der Waals surface area contributed by atoms with Gasteiger partial charge in [0.15, 0.2) is 5.82 Å². The number of alkyl halides is 3. The van der Waals surface area contributed by atoms with Gasteiger partial charge in [-0.15, -0.1) is 18.3 Å². The molecule has 3 rings (SSSR count). The van der Waals surface area contributed by atoms with Crippen molar-refractivity contribution in [3.63, 3.8) is 0 Å². The number of anilines is 2.